The van der Waals surface area contributed by atoms with E-state index >= 15 is 0 Å². The Labute approximate surface area is 161 Å². The van der Waals surface area contributed by atoms with Gasteiger partial charge in [-0.15, -0.1) is 13.9 Å². The number of hydrogen-bond acceptors (Lipinski definition) is 1. The molecule has 0 saturated heterocycles. The van der Waals surface area contributed by atoms with E-state index in [0.29, 0.717) is 8.19 Å². The van der Waals surface area contributed by atoms with Crippen LogP contribution < -0.4 is 24.0 Å². The predicted octanol–water partition coefficient (Wildman–Crippen LogP) is 2.80. The molecule has 1 nitrogen and oxygen atoms in total. The summed E-state index contributed by atoms with van der Waals surface area (Å²) in [5.74, 6) is 2.36. The molecule has 0 saturated carbocycles. The van der Waals surface area contributed by atoms with E-state index in [9.17, 15) is 5.11 Å². The third-order valence-electron chi connectivity index (χ3n) is 4.18. The topological polar surface area (TPSA) is 23.1 Å². The summed E-state index contributed by atoms with van der Waals surface area (Å²) < 4.78 is 0. The molecule has 0 radical (unpaired) electrons. The Hall–Kier alpha value is -2.16. The van der Waals surface area contributed by atoms with Crippen LogP contribution in [-0.4, -0.2) is 0 Å². The summed E-state index contributed by atoms with van der Waals surface area (Å²) >= 11 is 0. The van der Waals surface area contributed by atoms with Gasteiger partial charge in [-0.25, -0.2) is 0 Å². The van der Waals surface area contributed by atoms with Crippen molar-refractivity contribution in [3.8, 4) is 38.9 Å². The van der Waals surface area contributed by atoms with Crippen LogP contribution in [0.2, 0.25) is 0 Å². The third kappa shape index (κ3) is 3.46. The smallest absolute Gasteiger partial charge is 0.872 e. The first-order chi connectivity index (χ1) is 11.8. The quantitative estimate of drug-likeness (QED) is 0.529. The van der Waals surface area contributed by atoms with Crippen LogP contribution in [0.5, 0.6) is 5.75 Å². The summed E-state index contributed by atoms with van der Waals surface area (Å²) in [6.07, 6.45) is 0. The van der Waals surface area contributed by atoms with Crippen LogP contribution in [0, 0.1) is 0 Å². The van der Waals surface area contributed by atoms with E-state index in [0.717, 1.165) is 16.4 Å². The Kier molecular flexibility index (Phi) is 5.52. The molecule has 0 fully saturated rings. The number of hydrogen-bond donors (Lipinski definition) is 0. The maximum absolute atomic E-state index is 12.4. The summed E-state index contributed by atoms with van der Waals surface area (Å²) in [5.41, 5.74) is 5.58. The molecule has 4 rings (SSSR count). The van der Waals surface area contributed by atoms with Gasteiger partial charge in [0, 0.05) is 10.9 Å². The number of para-hydroxylation sites is 1. The van der Waals surface area contributed by atoms with E-state index in [4.69, 9.17) is 0 Å². The molecule has 4 aromatic rings. The van der Waals surface area contributed by atoms with Crippen molar-refractivity contribution in [2.45, 2.75) is 0 Å². The van der Waals surface area contributed by atoms with Gasteiger partial charge in [0.25, 0.3) is 0 Å². The first-order valence-electron chi connectivity index (χ1n) is 7.93. The van der Waals surface area contributed by atoms with Crippen molar-refractivity contribution < 1.29 is 24.0 Å². The molecule has 0 bridgehead atoms. The maximum atomic E-state index is 12.4. The Morgan fingerprint density at radius 3 is 1.80 bits per heavy atom. The van der Waals surface area contributed by atoms with Gasteiger partial charge in [-0.05, 0) is 28.1 Å². The van der Waals surface area contributed by atoms with E-state index < -0.39 is 0 Å². The fourth-order valence-corrected chi connectivity index (χ4v) is 4.44. The average molecular weight is 334 g/mol. The van der Waals surface area contributed by atoms with Gasteiger partial charge in [0.1, 0.15) is 0 Å². The standard InChI is InChI=1S/C22H17OP.Li/c23-20-14-8-7-13-18(20)22-21(17-11-5-2-6-12-17)19(15-24-22)16-9-3-1-4-10-16;/h1-15,23-24H;/q;+1/p-1. The van der Waals surface area contributed by atoms with Crippen LogP contribution in [0.1, 0.15) is 0 Å². The summed E-state index contributed by atoms with van der Waals surface area (Å²) in [7, 11) is 0.503. The minimum atomic E-state index is 0. The molecule has 1 unspecified atom stereocenters. The van der Waals surface area contributed by atoms with Gasteiger partial charge < -0.3 is 5.11 Å². The summed E-state index contributed by atoms with van der Waals surface area (Å²) in [5, 5.41) is 13.5. The van der Waals surface area contributed by atoms with Crippen LogP contribution in [0.15, 0.2) is 90.7 Å². The summed E-state index contributed by atoms with van der Waals surface area (Å²) in [6.45, 7) is 0. The first-order valence-corrected chi connectivity index (χ1v) is 9.01. The van der Waals surface area contributed by atoms with Gasteiger partial charge in [-0.3, -0.25) is 0 Å². The third-order valence-corrected chi connectivity index (χ3v) is 5.42. The molecular formula is C22H16LiOP. The van der Waals surface area contributed by atoms with Crippen LogP contribution >= 0.6 is 8.19 Å². The Bertz CT molecular complexity index is 962. The van der Waals surface area contributed by atoms with Gasteiger partial charge in [0.15, 0.2) is 0 Å². The predicted molar refractivity (Wildman–Crippen MR) is 102 cm³/mol. The van der Waals surface area contributed by atoms with Crippen molar-refractivity contribution in [3.63, 3.8) is 0 Å². The second-order valence-electron chi connectivity index (χ2n) is 5.68. The largest absolute Gasteiger partial charge is 1.00 e. The van der Waals surface area contributed by atoms with Crippen LogP contribution in [-0.2, 0) is 0 Å². The molecule has 0 aliphatic carbocycles. The van der Waals surface area contributed by atoms with Crippen molar-refractivity contribution in [2.75, 3.05) is 0 Å². The zero-order chi connectivity index (χ0) is 16.4. The van der Waals surface area contributed by atoms with Crippen molar-refractivity contribution in [2.24, 2.45) is 0 Å². The zero-order valence-corrected chi connectivity index (χ0v) is 15.1. The summed E-state index contributed by atoms with van der Waals surface area (Å²) in [6, 6.07) is 28.1. The minimum absolute atomic E-state index is 0. The second kappa shape index (κ2) is 7.81. The summed E-state index contributed by atoms with van der Waals surface area (Å²) in [4.78, 5) is 0. The van der Waals surface area contributed by atoms with Gasteiger partial charge in [0.2, 0.25) is 0 Å². The fourth-order valence-electron chi connectivity index (χ4n) is 3.06. The molecule has 3 aromatic carbocycles. The van der Waals surface area contributed by atoms with E-state index in [-0.39, 0.29) is 24.6 Å². The van der Waals surface area contributed by atoms with E-state index in [1.54, 1.807) is 12.1 Å². The van der Waals surface area contributed by atoms with Crippen molar-refractivity contribution >= 4 is 8.19 Å². The number of benzene rings is 3. The molecule has 1 heterocycles. The Morgan fingerprint density at radius 2 is 1.16 bits per heavy atom. The molecular weight excluding hydrogens is 318 g/mol. The Morgan fingerprint density at radius 1 is 0.600 bits per heavy atom. The van der Waals surface area contributed by atoms with Gasteiger partial charge in [-0.2, -0.15) is 0 Å². The SMILES string of the molecule is [Li+].[O-]c1ccccc1-c1[pH]cc(-c2ccccc2)c1-c1ccccc1. The van der Waals surface area contributed by atoms with E-state index in [1.165, 1.54) is 16.7 Å². The van der Waals surface area contributed by atoms with E-state index in [2.05, 4.69) is 42.2 Å². The molecule has 0 aliphatic heterocycles. The fraction of sp³-hybridized carbons (Fsp3) is 0. The number of rotatable bonds is 3. The van der Waals surface area contributed by atoms with Crippen molar-refractivity contribution in [3.05, 3.63) is 90.7 Å². The van der Waals surface area contributed by atoms with Gasteiger partial charge >= 0.3 is 18.9 Å². The molecule has 0 aliphatic rings. The monoisotopic (exact) mass is 334 g/mol. The van der Waals surface area contributed by atoms with Crippen molar-refractivity contribution in [1.82, 2.24) is 0 Å². The molecule has 25 heavy (non-hydrogen) atoms. The van der Waals surface area contributed by atoms with Crippen molar-refractivity contribution in [1.29, 1.82) is 0 Å². The molecule has 116 valence electrons. The molecule has 0 amide bonds. The first kappa shape index (κ1) is 17.7. The van der Waals surface area contributed by atoms with Crippen LogP contribution in [0.3, 0.4) is 0 Å². The molecule has 3 heteroatoms. The van der Waals surface area contributed by atoms with Crippen LogP contribution in [0.4, 0.5) is 0 Å². The zero-order valence-electron chi connectivity index (χ0n) is 14.1. The molecule has 1 aromatic heterocycles. The average Bonchev–Trinajstić information content (AvgIpc) is 3.08. The van der Waals surface area contributed by atoms with E-state index in [1.807, 2.05) is 36.4 Å². The van der Waals surface area contributed by atoms with Gasteiger partial charge in [0.05, 0.1) is 0 Å². The second-order valence-corrected chi connectivity index (χ2v) is 6.76. The maximum Gasteiger partial charge on any atom is 1.00 e. The van der Waals surface area contributed by atoms with Crippen LogP contribution in [0.25, 0.3) is 33.1 Å². The Balaban J connectivity index is 0.00000182. The normalized spacial score (nSPS) is 10.6. The minimum Gasteiger partial charge on any atom is -0.872 e. The van der Waals surface area contributed by atoms with Gasteiger partial charge in [-0.1, -0.05) is 84.9 Å². The molecule has 1 atom stereocenters. The molecule has 0 N–H and O–H groups in total. The molecule has 0 spiro atoms.